The summed E-state index contributed by atoms with van der Waals surface area (Å²) in [5, 5.41) is 12.2. The van der Waals surface area contributed by atoms with E-state index in [2.05, 4.69) is 15.7 Å². The number of halogens is 2. The monoisotopic (exact) mass is 342 g/mol. The predicted octanol–water partition coefficient (Wildman–Crippen LogP) is 3.83. The van der Waals surface area contributed by atoms with Crippen LogP contribution in [0.25, 0.3) is 0 Å². The normalized spacial score (nSPS) is 10.5. The largest absolute Gasteiger partial charge is 0.358 e. The smallest absolute Gasteiger partial charge is 0.171 e. The Labute approximate surface area is 139 Å². The molecule has 2 aromatic rings. The number of thiocarbonyl (C=S) groups is 1. The summed E-state index contributed by atoms with van der Waals surface area (Å²) in [6.45, 7) is 4.63. The molecule has 0 fully saturated rings. The fourth-order valence-corrected chi connectivity index (χ4v) is 2.64. The van der Waals surface area contributed by atoms with Gasteiger partial charge in [0.15, 0.2) is 5.11 Å². The lowest BCUT2D eigenvalue weighted by molar-refractivity contribution is 0.729. The molecule has 0 amide bonds. The van der Waals surface area contributed by atoms with Gasteiger partial charge in [0.2, 0.25) is 0 Å². The number of aromatic nitrogens is 2. The molecule has 2 rings (SSSR count). The van der Waals surface area contributed by atoms with Crippen LogP contribution in [0.2, 0.25) is 10.0 Å². The second-order valence-corrected chi connectivity index (χ2v) is 5.96. The first-order valence-corrected chi connectivity index (χ1v) is 7.54. The minimum atomic E-state index is 0.502. The number of benzene rings is 1. The first kappa shape index (κ1) is 16.1. The molecule has 1 aromatic carbocycles. The van der Waals surface area contributed by atoms with Gasteiger partial charge in [0.1, 0.15) is 0 Å². The van der Waals surface area contributed by atoms with Crippen molar-refractivity contribution in [1.29, 1.82) is 0 Å². The van der Waals surface area contributed by atoms with Crippen molar-refractivity contribution >= 4 is 46.2 Å². The van der Waals surface area contributed by atoms with Gasteiger partial charge in [-0.05, 0) is 44.3 Å². The predicted molar refractivity (Wildman–Crippen MR) is 92.2 cm³/mol. The average Bonchev–Trinajstić information content (AvgIpc) is 2.65. The Morgan fingerprint density at radius 2 is 2.05 bits per heavy atom. The molecule has 0 radical (unpaired) electrons. The van der Waals surface area contributed by atoms with E-state index in [1.165, 1.54) is 0 Å². The van der Waals surface area contributed by atoms with Crippen LogP contribution in [0.1, 0.15) is 17.0 Å². The zero-order chi connectivity index (χ0) is 15.6. The first-order valence-electron chi connectivity index (χ1n) is 6.37. The fraction of sp³-hybridized carbons (Fsp3) is 0.286. The molecule has 0 saturated carbocycles. The van der Waals surface area contributed by atoms with Crippen LogP contribution < -0.4 is 10.6 Å². The molecule has 2 N–H and O–H groups in total. The summed E-state index contributed by atoms with van der Waals surface area (Å²) in [5.74, 6) is 0. The van der Waals surface area contributed by atoms with Crippen molar-refractivity contribution in [2.75, 3.05) is 5.32 Å². The van der Waals surface area contributed by atoms with Crippen molar-refractivity contribution in [3.63, 3.8) is 0 Å². The summed E-state index contributed by atoms with van der Waals surface area (Å²) in [6.07, 6.45) is 0. The number of aryl methyl sites for hydroxylation is 2. The van der Waals surface area contributed by atoms with E-state index >= 15 is 0 Å². The van der Waals surface area contributed by atoms with E-state index in [0.717, 1.165) is 22.6 Å². The second-order valence-electron chi connectivity index (χ2n) is 4.70. The number of hydrogen-bond acceptors (Lipinski definition) is 2. The lowest BCUT2D eigenvalue weighted by atomic mass is 10.2. The molecular formula is C14H16Cl2N4S. The van der Waals surface area contributed by atoms with Crippen LogP contribution >= 0.6 is 35.4 Å². The minimum absolute atomic E-state index is 0.502. The molecule has 0 spiro atoms. The Morgan fingerprint density at radius 1 is 1.33 bits per heavy atom. The van der Waals surface area contributed by atoms with Gasteiger partial charge in [0.05, 0.1) is 16.4 Å². The van der Waals surface area contributed by atoms with Gasteiger partial charge in [-0.1, -0.05) is 23.2 Å². The summed E-state index contributed by atoms with van der Waals surface area (Å²) < 4.78 is 1.86. The zero-order valence-corrected chi connectivity index (χ0v) is 14.3. The summed E-state index contributed by atoms with van der Waals surface area (Å²) in [4.78, 5) is 0. The van der Waals surface area contributed by atoms with Crippen molar-refractivity contribution in [1.82, 2.24) is 15.1 Å². The van der Waals surface area contributed by atoms with Gasteiger partial charge in [-0.15, -0.1) is 0 Å². The first-order chi connectivity index (χ1) is 9.88. The van der Waals surface area contributed by atoms with E-state index in [0.29, 0.717) is 21.7 Å². The summed E-state index contributed by atoms with van der Waals surface area (Å²) >= 11 is 17.2. The fourth-order valence-electron chi connectivity index (χ4n) is 2.00. The number of nitrogens with one attached hydrogen (secondary N) is 2. The van der Waals surface area contributed by atoms with Crippen molar-refractivity contribution in [3.8, 4) is 0 Å². The van der Waals surface area contributed by atoms with Crippen LogP contribution in [0.4, 0.5) is 5.69 Å². The molecule has 0 bridgehead atoms. The molecular weight excluding hydrogens is 327 g/mol. The number of anilines is 1. The van der Waals surface area contributed by atoms with Crippen LogP contribution in [0.3, 0.4) is 0 Å². The van der Waals surface area contributed by atoms with E-state index in [1.54, 1.807) is 18.2 Å². The van der Waals surface area contributed by atoms with Crippen LogP contribution in [-0.2, 0) is 13.6 Å². The standard InChI is InChI=1S/C14H16Cl2N4S/c1-8-11(9(2)20(3)19-8)7-17-14(21)18-13-5-4-10(15)6-12(13)16/h4-6H,7H2,1-3H3,(H2,17,18,21). The van der Waals surface area contributed by atoms with Gasteiger partial charge in [-0.25, -0.2) is 0 Å². The third kappa shape index (κ3) is 3.87. The SMILES string of the molecule is Cc1nn(C)c(C)c1CNC(=S)Nc1ccc(Cl)cc1Cl. The van der Waals surface area contributed by atoms with Crippen LogP contribution in [0, 0.1) is 13.8 Å². The van der Waals surface area contributed by atoms with E-state index in [9.17, 15) is 0 Å². The maximum atomic E-state index is 6.10. The van der Waals surface area contributed by atoms with E-state index < -0.39 is 0 Å². The second kappa shape index (κ2) is 6.64. The number of nitrogens with zero attached hydrogens (tertiary/aromatic N) is 2. The van der Waals surface area contributed by atoms with Crippen LogP contribution in [0.15, 0.2) is 18.2 Å². The molecule has 1 heterocycles. The van der Waals surface area contributed by atoms with Crippen molar-refractivity contribution in [2.45, 2.75) is 20.4 Å². The minimum Gasteiger partial charge on any atom is -0.358 e. The third-order valence-corrected chi connectivity index (χ3v) is 4.06. The lowest BCUT2D eigenvalue weighted by Gasteiger charge is -2.12. The zero-order valence-electron chi connectivity index (χ0n) is 12.0. The molecule has 0 atom stereocenters. The molecule has 0 unspecified atom stereocenters. The lowest BCUT2D eigenvalue weighted by Crippen LogP contribution is -2.28. The molecule has 0 aliphatic heterocycles. The Kier molecular flexibility index (Phi) is 5.08. The Morgan fingerprint density at radius 3 is 2.62 bits per heavy atom. The van der Waals surface area contributed by atoms with Gasteiger partial charge in [0.25, 0.3) is 0 Å². The van der Waals surface area contributed by atoms with E-state index in [4.69, 9.17) is 35.4 Å². The molecule has 1 aromatic heterocycles. The van der Waals surface area contributed by atoms with Crippen molar-refractivity contribution < 1.29 is 0 Å². The molecule has 21 heavy (non-hydrogen) atoms. The van der Waals surface area contributed by atoms with Gasteiger partial charge in [-0.2, -0.15) is 5.10 Å². The highest BCUT2D eigenvalue weighted by molar-refractivity contribution is 7.80. The number of hydrogen-bond donors (Lipinski definition) is 2. The molecule has 0 aliphatic rings. The summed E-state index contributed by atoms with van der Waals surface area (Å²) in [5.41, 5.74) is 3.98. The maximum Gasteiger partial charge on any atom is 0.171 e. The van der Waals surface area contributed by atoms with Gasteiger partial charge < -0.3 is 10.6 Å². The summed E-state index contributed by atoms with van der Waals surface area (Å²) in [6, 6.07) is 5.22. The van der Waals surface area contributed by atoms with Crippen molar-refractivity contribution in [2.24, 2.45) is 7.05 Å². The molecule has 0 aliphatic carbocycles. The average molecular weight is 343 g/mol. The molecule has 7 heteroatoms. The highest BCUT2D eigenvalue weighted by atomic mass is 35.5. The Balaban J connectivity index is 1.99. The third-order valence-electron chi connectivity index (χ3n) is 3.26. The van der Waals surface area contributed by atoms with Crippen molar-refractivity contribution in [3.05, 3.63) is 45.2 Å². The highest BCUT2D eigenvalue weighted by Crippen LogP contribution is 2.25. The van der Waals surface area contributed by atoms with E-state index in [-0.39, 0.29) is 0 Å². The summed E-state index contributed by atoms with van der Waals surface area (Å²) in [7, 11) is 1.93. The van der Waals surface area contributed by atoms with Crippen LogP contribution in [0.5, 0.6) is 0 Å². The van der Waals surface area contributed by atoms with Gasteiger partial charge in [0, 0.05) is 29.9 Å². The highest BCUT2D eigenvalue weighted by Gasteiger charge is 2.10. The Bertz CT molecular complexity index is 682. The quantitative estimate of drug-likeness (QED) is 0.831. The Hall–Kier alpha value is -1.30. The van der Waals surface area contributed by atoms with Crippen LogP contribution in [-0.4, -0.2) is 14.9 Å². The van der Waals surface area contributed by atoms with Gasteiger partial charge in [-0.3, -0.25) is 4.68 Å². The van der Waals surface area contributed by atoms with E-state index in [1.807, 2.05) is 25.6 Å². The number of rotatable bonds is 3. The van der Waals surface area contributed by atoms with Gasteiger partial charge >= 0.3 is 0 Å². The molecule has 0 saturated heterocycles. The molecule has 4 nitrogen and oxygen atoms in total. The topological polar surface area (TPSA) is 41.9 Å². The maximum absolute atomic E-state index is 6.10. The molecule has 112 valence electrons.